The third-order valence-electron chi connectivity index (χ3n) is 7.76. The molecule has 0 bridgehead atoms. The average molecular weight is 663 g/mol. The van der Waals surface area contributed by atoms with E-state index in [9.17, 15) is 19.7 Å². The first kappa shape index (κ1) is 32.0. The Balaban J connectivity index is 1.35. The van der Waals surface area contributed by atoms with Crippen molar-refractivity contribution < 1.29 is 23.9 Å². The van der Waals surface area contributed by atoms with E-state index in [1.165, 1.54) is 30.6 Å². The van der Waals surface area contributed by atoms with Crippen molar-refractivity contribution in [1.29, 1.82) is 0 Å². The maximum atomic E-state index is 14.1. The fourth-order valence-corrected chi connectivity index (χ4v) is 6.40. The Kier molecular flexibility index (Phi) is 9.17. The predicted molar refractivity (Wildman–Crippen MR) is 182 cm³/mol. The number of aromatic nitrogens is 1. The van der Waals surface area contributed by atoms with Crippen LogP contribution < -0.4 is 34.4 Å². The number of fused-ring (bicyclic) bond motifs is 1. The molecule has 0 aliphatic carbocycles. The van der Waals surface area contributed by atoms with Crippen molar-refractivity contribution in [3.63, 3.8) is 0 Å². The smallest absolute Gasteiger partial charge is 0.271 e. The van der Waals surface area contributed by atoms with Crippen LogP contribution in [0.5, 0.6) is 17.2 Å². The summed E-state index contributed by atoms with van der Waals surface area (Å²) in [6, 6.07) is 27.1. The van der Waals surface area contributed by atoms with E-state index < -0.39 is 11.0 Å². The molecule has 1 atom stereocenters. The molecule has 0 unspecified atom stereocenters. The monoisotopic (exact) mass is 662 g/mol. The van der Waals surface area contributed by atoms with Crippen LogP contribution in [0.4, 0.5) is 11.4 Å². The molecule has 0 fully saturated rings. The predicted octanol–water partition coefficient (Wildman–Crippen LogP) is 5.38. The molecule has 6 rings (SSSR count). The van der Waals surface area contributed by atoms with Crippen LogP contribution in [0.2, 0.25) is 0 Å². The highest BCUT2D eigenvalue weighted by atomic mass is 32.1. The van der Waals surface area contributed by atoms with Crippen LogP contribution >= 0.6 is 11.3 Å². The van der Waals surface area contributed by atoms with E-state index in [1.54, 1.807) is 79.3 Å². The first-order valence-electron chi connectivity index (χ1n) is 14.8. The molecule has 48 heavy (non-hydrogen) atoms. The van der Waals surface area contributed by atoms with Gasteiger partial charge < -0.3 is 19.5 Å². The Labute approximate surface area is 278 Å². The number of anilines is 1. The summed E-state index contributed by atoms with van der Waals surface area (Å²) in [6.07, 6.45) is 1.75. The Morgan fingerprint density at radius 2 is 1.71 bits per heavy atom. The zero-order chi connectivity index (χ0) is 33.8. The minimum atomic E-state index is -0.734. The number of non-ortho nitro benzene ring substituents is 1. The first-order valence-corrected chi connectivity index (χ1v) is 15.6. The van der Waals surface area contributed by atoms with Gasteiger partial charge in [0.1, 0.15) is 12.4 Å². The minimum absolute atomic E-state index is 0.00289. The van der Waals surface area contributed by atoms with Gasteiger partial charge in [0.15, 0.2) is 16.3 Å². The molecule has 0 saturated heterocycles. The lowest BCUT2D eigenvalue weighted by molar-refractivity contribution is -0.384. The maximum Gasteiger partial charge on any atom is 0.271 e. The van der Waals surface area contributed by atoms with Crippen molar-refractivity contribution >= 4 is 34.7 Å². The number of nitro benzene ring substituents is 1. The van der Waals surface area contributed by atoms with Gasteiger partial charge in [0.2, 0.25) is 0 Å². The van der Waals surface area contributed by atoms with Gasteiger partial charge in [-0.2, -0.15) is 0 Å². The van der Waals surface area contributed by atoms with Crippen LogP contribution in [0.3, 0.4) is 0 Å². The lowest BCUT2D eigenvalue weighted by atomic mass is 9.95. The number of methoxy groups -OCH3 is 2. The van der Waals surface area contributed by atoms with E-state index in [2.05, 4.69) is 5.32 Å². The molecule has 1 aliphatic rings. The number of nitro groups is 1. The molecular weight excluding hydrogens is 632 g/mol. The molecule has 0 saturated carbocycles. The summed E-state index contributed by atoms with van der Waals surface area (Å²) >= 11 is 1.23. The number of hydrogen-bond donors (Lipinski definition) is 1. The number of allylic oxidation sites excluding steroid dienone is 1. The number of benzene rings is 4. The summed E-state index contributed by atoms with van der Waals surface area (Å²) in [6.45, 7) is 1.95. The van der Waals surface area contributed by atoms with Gasteiger partial charge in [0.05, 0.1) is 41.0 Å². The highest BCUT2D eigenvalue weighted by Crippen LogP contribution is 2.32. The van der Waals surface area contributed by atoms with Crippen LogP contribution in [-0.4, -0.2) is 29.6 Å². The van der Waals surface area contributed by atoms with Gasteiger partial charge in [-0.1, -0.05) is 47.7 Å². The topological polar surface area (TPSA) is 134 Å². The fourth-order valence-electron chi connectivity index (χ4n) is 5.35. The molecule has 1 amide bonds. The summed E-state index contributed by atoms with van der Waals surface area (Å²) in [5.41, 5.74) is 3.38. The molecule has 12 heteroatoms. The van der Waals surface area contributed by atoms with Crippen LogP contribution in [0.1, 0.15) is 29.7 Å². The SMILES string of the molecule is COc1ccc([C@H]2C(C(=O)Nc3ccccc3)=C(C)N=c3s/c(=C/c4ccc(OCc5ccc([N+](=O)[O-])cc5)c(OC)c4)c(=O)n32)cc1. The van der Waals surface area contributed by atoms with Crippen molar-refractivity contribution in [2.45, 2.75) is 19.6 Å². The van der Waals surface area contributed by atoms with Crippen molar-refractivity contribution in [3.8, 4) is 17.2 Å². The van der Waals surface area contributed by atoms with Crippen molar-refractivity contribution in [2.24, 2.45) is 4.99 Å². The zero-order valence-electron chi connectivity index (χ0n) is 26.2. The molecule has 1 aliphatic heterocycles. The highest BCUT2D eigenvalue weighted by molar-refractivity contribution is 7.07. The Bertz CT molecular complexity index is 2210. The van der Waals surface area contributed by atoms with Gasteiger partial charge in [-0.25, -0.2) is 4.99 Å². The number of hydrogen-bond acceptors (Lipinski definition) is 9. The standard InChI is InChI=1S/C36H30N4O7S/c1-22-32(34(41)38-26-7-5-4-6-8-26)33(25-12-16-28(45-2)17-13-25)39-35(42)31(48-36(39)37-22)20-24-11-18-29(30(19-24)46-3)47-21-23-9-14-27(15-10-23)40(43)44/h4-20,33H,21H2,1-3H3,(H,38,41)/b31-20+/t33-/m0/s1. The van der Waals surface area contributed by atoms with Crippen LogP contribution in [0.25, 0.3) is 6.08 Å². The summed E-state index contributed by atoms with van der Waals surface area (Å²) in [7, 11) is 3.10. The third-order valence-corrected chi connectivity index (χ3v) is 8.74. The molecule has 11 nitrogen and oxygen atoms in total. The number of amides is 1. The lowest BCUT2D eigenvalue weighted by Gasteiger charge is -2.25. The lowest BCUT2D eigenvalue weighted by Crippen LogP contribution is -2.40. The van der Waals surface area contributed by atoms with Gasteiger partial charge in [0.25, 0.3) is 17.2 Å². The molecule has 0 spiro atoms. The second kappa shape index (κ2) is 13.8. The van der Waals surface area contributed by atoms with Gasteiger partial charge in [0, 0.05) is 17.8 Å². The van der Waals surface area contributed by atoms with E-state index in [0.29, 0.717) is 49.1 Å². The molecular formula is C36H30N4O7S. The summed E-state index contributed by atoms with van der Waals surface area (Å²) in [5.74, 6) is 1.21. The van der Waals surface area contributed by atoms with E-state index in [-0.39, 0.29) is 23.8 Å². The van der Waals surface area contributed by atoms with E-state index in [1.807, 2.05) is 30.3 Å². The quantitative estimate of drug-likeness (QED) is 0.157. The Morgan fingerprint density at radius 1 is 0.979 bits per heavy atom. The van der Waals surface area contributed by atoms with E-state index in [0.717, 1.165) is 11.1 Å². The van der Waals surface area contributed by atoms with Gasteiger partial charge in [-0.05, 0) is 78.2 Å². The summed E-state index contributed by atoms with van der Waals surface area (Å²) < 4.78 is 18.8. The van der Waals surface area contributed by atoms with Crippen LogP contribution in [0, 0.1) is 10.1 Å². The Morgan fingerprint density at radius 3 is 2.38 bits per heavy atom. The van der Waals surface area contributed by atoms with Crippen molar-refractivity contribution in [1.82, 2.24) is 4.57 Å². The summed E-state index contributed by atoms with van der Waals surface area (Å²) in [4.78, 5) is 43.5. The zero-order valence-corrected chi connectivity index (χ0v) is 27.0. The largest absolute Gasteiger partial charge is 0.497 e. The second-order valence-corrected chi connectivity index (χ2v) is 11.8. The molecule has 1 aromatic heterocycles. The molecule has 1 N–H and O–H groups in total. The van der Waals surface area contributed by atoms with Gasteiger partial charge in [-0.15, -0.1) is 0 Å². The van der Waals surface area contributed by atoms with Gasteiger partial charge >= 0.3 is 0 Å². The highest BCUT2D eigenvalue weighted by Gasteiger charge is 2.32. The first-order chi connectivity index (χ1) is 23.2. The number of carbonyl (C=O) groups excluding carboxylic acids is 1. The normalized spacial score (nSPS) is 14.1. The third kappa shape index (κ3) is 6.60. The van der Waals surface area contributed by atoms with E-state index in [4.69, 9.17) is 19.2 Å². The Hall–Kier alpha value is -6.01. The number of nitrogens with one attached hydrogen (secondary N) is 1. The van der Waals surface area contributed by atoms with Crippen LogP contribution in [0.15, 0.2) is 118 Å². The maximum absolute atomic E-state index is 14.1. The van der Waals surface area contributed by atoms with Gasteiger partial charge in [-0.3, -0.25) is 24.3 Å². The van der Waals surface area contributed by atoms with Crippen LogP contribution in [-0.2, 0) is 11.4 Å². The van der Waals surface area contributed by atoms with Crippen molar-refractivity contribution in [3.05, 3.63) is 155 Å². The number of rotatable bonds is 10. The van der Waals surface area contributed by atoms with E-state index >= 15 is 0 Å². The minimum Gasteiger partial charge on any atom is -0.497 e. The fraction of sp³-hybridized carbons (Fsp3) is 0.139. The molecule has 2 heterocycles. The number of para-hydroxylation sites is 1. The number of nitrogens with zero attached hydrogens (tertiary/aromatic N) is 3. The van der Waals surface area contributed by atoms with Crippen molar-refractivity contribution in [2.75, 3.05) is 19.5 Å². The molecule has 4 aromatic carbocycles. The number of carbonyl (C=O) groups is 1. The molecule has 5 aromatic rings. The summed E-state index contributed by atoms with van der Waals surface area (Å²) in [5, 5.41) is 13.9. The second-order valence-electron chi connectivity index (χ2n) is 10.8. The number of thiazole rings is 1. The number of ether oxygens (including phenoxy) is 3. The molecule has 0 radical (unpaired) electrons. The average Bonchev–Trinajstić information content (AvgIpc) is 3.40. The molecule has 242 valence electrons.